The summed E-state index contributed by atoms with van der Waals surface area (Å²) < 4.78 is 5.29. The Labute approximate surface area is 103 Å². The number of carbonyl (C=O) groups excluding carboxylic acids is 2. The molecule has 0 N–H and O–H groups in total. The maximum Gasteiger partial charge on any atom is 0.410 e. The van der Waals surface area contributed by atoms with Gasteiger partial charge in [-0.1, -0.05) is 13.8 Å². The number of hydrogen-bond donors (Lipinski definition) is 0. The molecular formula is C13H23NO3. The van der Waals surface area contributed by atoms with Crippen molar-refractivity contribution in [3.63, 3.8) is 0 Å². The van der Waals surface area contributed by atoms with Crippen LogP contribution in [0, 0.1) is 11.8 Å². The van der Waals surface area contributed by atoms with Crippen LogP contribution in [-0.4, -0.2) is 35.5 Å². The first-order chi connectivity index (χ1) is 7.70. The Morgan fingerprint density at radius 1 is 1.29 bits per heavy atom. The normalized spacial score (nSPS) is 20.8. The van der Waals surface area contributed by atoms with E-state index in [2.05, 4.69) is 0 Å². The predicted octanol–water partition coefficient (Wildman–Crippen LogP) is 2.47. The lowest BCUT2D eigenvalue weighted by Crippen LogP contribution is -2.36. The molecule has 0 unspecified atom stereocenters. The van der Waals surface area contributed by atoms with Crippen LogP contribution in [0.4, 0.5) is 4.79 Å². The fourth-order valence-corrected chi connectivity index (χ4v) is 1.96. The molecule has 1 aliphatic rings. The number of ketones is 1. The van der Waals surface area contributed by atoms with Crippen molar-refractivity contribution < 1.29 is 14.3 Å². The summed E-state index contributed by atoms with van der Waals surface area (Å²) in [6.07, 6.45) is 0.451. The quantitative estimate of drug-likeness (QED) is 0.746. The van der Waals surface area contributed by atoms with E-state index in [0.717, 1.165) is 6.42 Å². The van der Waals surface area contributed by atoms with Gasteiger partial charge in [-0.2, -0.15) is 0 Å². The Kier molecular flexibility index (Phi) is 4.17. The lowest BCUT2D eigenvalue weighted by molar-refractivity contribution is -0.125. The first-order valence-corrected chi connectivity index (χ1v) is 6.22. The molecule has 4 heteroatoms. The van der Waals surface area contributed by atoms with Crippen molar-refractivity contribution in [3.05, 3.63) is 0 Å². The van der Waals surface area contributed by atoms with Crippen LogP contribution in [-0.2, 0) is 9.53 Å². The van der Waals surface area contributed by atoms with Crippen molar-refractivity contribution in [1.29, 1.82) is 0 Å². The SMILES string of the molecule is CC(C)C(=O)[C@H]1CCN(C(=O)OC(C)(C)C)C1. The van der Waals surface area contributed by atoms with Crippen LogP contribution in [0.1, 0.15) is 41.0 Å². The van der Waals surface area contributed by atoms with Crippen molar-refractivity contribution >= 4 is 11.9 Å². The molecule has 0 bridgehead atoms. The Morgan fingerprint density at radius 3 is 2.35 bits per heavy atom. The molecule has 17 heavy (non-hydrogen) atoms. The summed E-state index contributed by atoms with van der Waals surface area (Å²) in [7, 11) is 0. The number of rotatable bonds is 2. The molecule has 1 atom stereocenters. The van der Waals surface area contributed by atoms with E-state index in [1.165, 1.54) is 0 Å². The molecule has 0 aromatic heterocycles. The third kappa shape index (κ3) is 4.02. The first-order valence-electron chi connectivity index (χ1n) is 6.22. The van der Waals surface area contributed by atoms with E-state index in [0.29, 0.717) is 13.1 Å². The maximum absolute atomic E-state index is 11.8. The monoisotopic (exact) mass is 241 g/mol. The topological polar surface area (TPSA) is 46.6 Å². The largest absolute Gasteiger partial charge is 0.444 e. The van der Waals surface area contributed by atoms with Crippen molar-refractivity contribution in [2.75, 3.05) is 13.1 Å². The van der Waals surface area contributed by atoms with E-state index in [1.54, 1.807) is 4.90 Å². The number of carbonyl (C=O) groups is 2. The summed E-state index contributed by atoms with van der Waals surface area (Å²) in [4.78, 5) is 25.2. The van der Waals surface area contributed by atoms with Gasteiger partial charge in [0.25, 0.3) is 0 Å². The van der Waals surface area contributed by atoms with Crippen molar-refractivity contribution in [3.8, 4) is 0 Å². The molecule has 4 nitrogen and oxygen atoms in total. The highest BCUT2D eigenvalue weighted by Gasteiger charge is 2.33. The summed E-state index contributed by atoms with van der Waals surface area (Å²) in [5.74, 6) is 0.275. The highest BCUT2D eigenvalue weighted by molar-refractivity contribution is 5.84. The van der Waals surface area contributed by atoms with Gasteiger partial charge in [0.15, 0.2) is 0 Å². The second-order valence-electron chi connectivity index (χ2n) is 5.97. The molecule has 0 aliphatic carbocycles. The fraction of sp³-hybridized carbons (Fsp3) is 0.846. The molecular weight excluding hydrogens is 218 g/mol. The van der Waals surface area contributed by atoms with Gasteiger partial charge in [-0.25, -0.2) is 4.79 Å². The zero-order chi connectivity index (χ0) is 13.2. The molecule has 1 heterocycles. The number of likely N-dealkylation sites (tertiary alicyclic amines) is 1. The van der Waals surface area contributed by atoms with Crippen LogP contribution < -0.4 is 0 Å². The average Bonchev–Trinajstić information content (AvgIpc) is 2.62. The molecule has 0 spiro atoms. The summed E-state index contributed by atoms with van der Waals surface area (Å²) in [6, 6.07) is 0. The number of ether oxygens (including phenoxy) is 1. The van der Waals surface area contributed by atoms with Crippen LogP contribution in [0.5, 0.6) is 0 Å². The summed E-state index contributed by atoms with van der Waals surface area (Å²) in [5, 5.41) is 0. The third-order valence-electron chi connectivity index (χ3n) is 2.81. The Balaban J connectivity index is 2.51. The van der Waals surface area contributed by atoms with Crippen LogP contribution in [0.3, 0.4) is 0 Å². The molecule has 0 saturated carbocycles. The zero-order valence-corrected chi connectivity index (χ0v) is 11.4. The second-order valence-corrected chi connectivity index (χ2v) is 5.97. The van der Waals surface area contributed by atoms with Gasteiger partial charge in [-0.05, 0) is 27.2 Å². The predicted molar refractivity (Wildman–Crippen MR) is 65.8 cm³/mol. The first kappa shape index (κ1) is 14.0. The Morgan fingerprint density at radius 2 is 1.88 bits per heavy atom. The van der Waals surface area contributed by atoms with Crippen LogP contribution in [0.25, 0.3) is 0 Å². The molecule has 1 fully saturated rings. The Bertz CT molecular complexity index is 304. The number of Topliss-reactive ketones (excluding diaryl/α,β-unsaturated/α-hetero) is 1. The third-order valence-corrected chi connectivity index (χ3v) is 2.81. The van der Waals surface area contributed by atoms with Gasteiger partial charge in [0, 0.05) is 24.9 Å². The maximum atomic E-state index is 11.8. The van der Waals surface area contributed by atoms with Crippen LogP contribution >= 0.6 is 0 Å². The van der Waals surface area contributed by atoms with E-state index in [1.807, 2.05) is 34.6 Å². The summed E-state index contributed by atoms with van der Waals surface area (Å²) in [5.41, 5.74) is -0.475. The van der Waals surface area contributed by atoms with E-state index in [-0.39, 0.29) is 23.7 Å². The summed E-state index contributed by atoms with van der Waals surface area (Å²) >= 11 is 0. The molecule has 1 amide bonds. The molecule has 0 aromatic rings. The highest BCUT2D eigenvalue weighted by atomic mass is 16.6. The zero-order valence-electron chi connectivity index (χ0n) is 11.4. The standard InChI is InChI=1S/C13H23NO3/c1-9(2)11(15)10-6-7-14(8-10)12(16)17-13(3,4)5/h9-10H,6-8H2,1-5H3/t10-/m0/s1. The van der Waals surface area contributed by atoms with Gasteiger partial charge in [-0.15, -0.1) is 0 Å². The van der Waals surface area contributed by atoms with Gasteiger partial charge >= 0.3 is 6.09 Å². The average molecular weight is 241 g/mol. The number of amides is 1. The minimum absolute atomic E-state index is 0.0116. The summed E-state index contributed by atoms with van der Waals surface area (Å²) in [6.45, 7) is 10.5. The Hall–Kier alpha value is -1.06. The fourth-order valence-electron chi connectivity index (χ4n) is 1.96. The number of nitrogens with zero attached hydrogens (tertiary/aromatic N) is 1. The van der Waals surface area contributed by atoms with E-state index in [4.69, 9.17) is 4.74 Å². The van der Waals surface area contributed by atoms with Crippen molar-refractivity contribution in [2.45, 2.75) is 46.6 Å². The van der Waals surface area contributed by atoms with Gasteiger partial charge < -0.3 is 9.64 Å². The van der Waals surface area contributed by atoms with E-state index in [9.17, 15) is 9.59 Å². The molecule has 1 rings (SSSR count). The molecule has 0 aromatic carbocycles. The van der Waals surface area contributed by atoms with Crippen molar-refractivity contribution in [1.82, 2.24) is 4.90 Å². The smallest absolute Gasteiger partial charge is 0.410 e. The highest BCUT2D eigenvalue weighted by Crippen LogP contribution is 2.22. The van der Waals surface area contributed by atoms with Crippen molar-refractivity contribution in [2.24, 2.45) is 11.8 Å². The van der Waals surface area contributed by atoms with Crippen LogP contribution in [0.15, 0.2) is 0 Å². The number of hydrogen-bond acceptors (Lipinski definition) is 3. The lowest BCUT2D eigenvalue weighted by Gasteiger charge is -2.24. The minimum Gasteiger partial charge on any atom is -0.444 e. The van der Waals surface area contributed by atoms with Gasteiger partial charge in [0.05, 0.1) is 0 Å². The van der Waals surface area contributed by atoms with Gasteiger partial charge in [0.2, 0.25) is 0 Å². The minimum atomic E-state index is -0.475. The van der Waals surface area contributed by atoms with E-state index < -0.39 is 5.60 Å². The molecule has 0 radical (unpaired) electrons. The molecule has 98 valence electrons. The second kappa shape index (κ2) is 5.07. The van der Waals surface area contributed by atoms with Crippen LogP contribution in [0.2, 0.25) is 0 Å². The van der Waals surface area contributed by atoms with E-state index >= 15 is 0 Å². The molecule has 1 aliphatic heterocycles. The lowest BCUT2D eigenvalue weighted by atomic mass is 9.95. The van der Waals surface area contributed by atoms with Gasteiger partial charge in [0.1, 0.15) is 11.4 Å². The molecule has 1 saturated heterocycles. The van der Waals surface area contributed by atoms with Gasteiger partial charge in [-0.3, -0.25) is 4.79 Å².